The second-order valence-corrected chi connectivity index (χ2v) is 8.27. The number of primary sulfonamides is 1. The van der Waals surface area contributed by atoms with Crippen LogP contribution in [-0.2, 0) is 10.0 Å². The highest BCUT2D eigenvalue weighted by Gasteiger charge is 2.39. The van der Waals surface area contributed by atoms with Crippen LogP contribution < -0.4 is 5.14 Å². The molecule has 1 aromatic carbocycles. The first kappa shape index (κ1) is 14.8. The zero-order valence-electron chi connectivity index (χ0n) is 12.9. The number of benzene rings is 1. The van der Waals surface area contributed by atoms with E-state index in [1.807, 2.05) is 18.3 Å². The van der Waals surface area contributed by atoms with Crippen molar-refractivity contribution in [3.8, 4) is 0 Å². The molecular formula is C18H20N2O2S. The first-order valence-corrected chi connectivity index (χ1v) is 9.65. The quantitative estimate of drug-likeness (QED) is 0.936. The molecule has 2 saturated carbocycles. The summed E-state index contributed by atoms with van der Waals surface area (Å²) in [7, 11) is -3.61. The second kappa shape index (κ2) is 5.42. The summed E-state index contributed by atoms with van der Waals surface area (Å²) in [5.41, 5.74) is 3.79. The van der Waals surface area contributed by atoms with Gasteiger partial charge < -0.3 is 0 Å². The molecule has 4 nitrogen and oxygen atoms in total. The van der Waals surface area contributed by atoms with E-state index in [2.05, 4.69) is 17.1 Å². The maximum atomic E-state index is 11.3. The lowest BCUT2D eigenvalue weighted by atomic mass is 9.82. The molecule has 0 spiro atoms. The van der Waals surface area contributed by atoms with E-state index in [1.165, 1.54) is 36.1 Å². The Morgan fingerprint density at radius 1 is 1.00 bits per heavy atom. The number of rotatable bonds is 4. The predicted molar refractivity (Wildman–Crippen MR) is 88.7 cm³/mol. The van der Waals surface area contributed by atoms with Gasteiger partial charge in [0.05, 0.1) is 4.90 Å². The van der Waals surface area contributed by atoms with Crippen LogP contribution in [0.15, 0.2) is 47.5 Å². The van der Waals surface area contributed by atoms with Gasteiger partial charge in [-0.2, -0.15) is 0 Å². The topological polar surface area (TPSA) is 73.1 Å². The standard InChI is InChI=1S/C18H20N2O2S/c19-23(21,22)15-6-4-12(5-7-15)16-11-17(16)14-8-9-20-18(10-14)13-2-1-3-13/h4-10,13,16-17H,1-3,11H2,(H2,19,21,22). The zero-order valence-corrected chi connectivity index (χ0v) is 13.7. The van der Waals surface area contributed by atoms with Gasteiger partial charge in [-0.3, -0.25) is 4.98 Å². The van der Waals surface area contributed by atoms with Crippen LogP contribution in [0.5, 0.6) is 0 Å². The van der Waals surface area contributed by atoms with E-state index in [-0.39, 0.29) is 4.90 Å². The van der Waals surface area contributed by atoms with Gasteiger partial charge in [0.25, 0.3) is 0 Å². The molecule has 0 radical (unpaired) electrons. The lowest BCUT2D eigenvalue weighted by Crippen LogP contribution is -2.11. The van der Waals surface area contributed by atoms with Gasteiger partial charge in [0.2, 0.25) is 10.0 Å². The van der Waals surface area contributed by atoms with Crippen LogP contribution in [0.2, 0.25) is 0 Å². The normalized spacial score (nSPS) is 24.2. The van der Waals surface area contributed by atoms with Crippen LogP contribution in [0.25, 0.3) is 0 Å². The molecule has 2 aliphatic rings. The van der Waals surface area contributed by atoms with Crippen LogP contribution in [-0.4, -0.2) is 13.4 Å². The largest absolute Gasteiger partial charge is 0.261 e. The highest BCUT2D eigenvalue weighted by molar-refractivity contribution is 7.89. The fourth-order valence-corrected chi connectivity index (χ4v) is 3.98. The molecule has 23 heavy (non-hydrogen) atoms. The highest BCUT2D eigenvalue weighted by Crippen LogP contribution is 2.55. The average Bonchev–Trinajstić information content (AvgIpc) is 3.25. The van der Waals surface area contributed by atoms with Gasteiger partial charge >= 0.3 is 0 Å². The van der Waals surface area contributed by atoms with Crippen LogP contribution in [0, 0.1) is 0 Å². The Morgan fingerprint density at radius 3 is 2.30 bits per heavy atom. The summed E-state index contributed by atoms with van der Waals surface area (Å²) < 4.78 is 22.6. The van der Waals surface area contributed by atoms with Crippen molar-refractivity contribution < 1.29 is 8.42 Å². The molecule has 5 heteroatoms. The molecule has 0 aliphatic heterocycles. The number of pyridine rings is 1. The van der Waals surface area contributed by atoms with Crippen molar-refractivity contribution in [1.29, 1.82) is 0 Å². The number of nitrogens with zero attached hydrogens (tertiary/aromatic N) is 1. The van der Waals surface area contributed by atoms with E-state index < -0.39 is 10.0 Å². The third kappa shape index (κ3) is 2.91. The lowest BCUT2D eigenvalue weighted by Gasteiger charge is -2.25. The second-order valence-electron chi connectivity index (χ2n) is 6.70. The summed E-state index contributed by atoms with van der Waals surface area (Å²) in [5.74, 6) is 1.65. The van der Waals surface area contributed by atoms with E-state index in [9.17, 15) is 8.42 Å². The average molecular weight is 328 g/mol. The van der Waals surface area contributed by atoms with Crippen LogP contribution in [0.1, 0.15) is 60.3 Å². The van der Waals surface area contributed by atoms with Crippen molar-refractivity contribution in [2.24, 2.45) is 5.14 Å². The molecule has 2 aliphatic carbocycles. The molecule has 2 unspecified atom stereocenters. The molecule has 2 aromatic rings. The van der Waals surface area contributed by atoms with Crippen LogP contribution >= 0.6 is 0 Å². The summed E-state index contributed by atoms with van der Waals surface area (Å²) in [5, 5.41) is 5.15. The van der Waals surface area contributed by atoms with Gasteiger partial charge in [0, 0.05) is 17.8 Å². The lowest BCUT2D eigenvalue weighted by molar-refractivity contribution is 0.411. The molecule has 0 amide bonds. The van der Waals surface area contributed by atoms with E-state index >= 15 is 0 Å². The third-order valence-electron chi connectivity index (χ3n) is 5.18. The van der Waals surface area contributed by atoms with Gasteiger partial charge in [0.1, 0.15) is 0 Å². The monoisotopic (exact) mass is 328 g/mol. The summed E-state index contributed by atoms with van der Waals surface area (Å²) in [6, 6.07) is 11.4. The number of hydrogen-bond acceptors (Lipinski definition) is 3. The van der Waals surface area contributed by atoms with E-state index in [1.54, 1.807) is 12.1 Å². The fourth-order valence-electron chi connectivity index (χ4n) is 3.46. The summed E-state index contributed by atoms with van der Waals surface area (Å²) in [4.78, 5) is 4.70. The first-order chi connectivity index (χ1) is 11.0. The molecule has 2 atom stereocenters. The molecule has 2 N–H and O–H groups in total. The summed E-state index contributed by atoms with van der Waals surface area (Å²) >= 11 is 0. The predicted octanol–water partition coefficient (Wildman–Crippen LogP) is 3.27. The molecule has 0 saturated heterocycles. The van der Waals surface area contributed by atoms with Crippen molar-refractivity contribution in [1.82, 2.24) is 4.98 Å². The molecular weight excluding hydrogens is 308 g/mol. The van der Waals surface area contributed by atoms with E-state index in [0.29, 0.717) is 17.8 Å². The molecule has 1 aromatic heterocycles. The maximum absolute atomic E-state index is 11.3. The SMILES string of the molecule is NS(=O)(=O)c1ccc(C2CC2c2ccnc(C3CCC3)c2)cc1. The highest BCUT2D eigenvalue weighted by atomic mass is 32.2. The van der Waals surface area contributed by atoms with Gasteiger partial charge in [-0.05, 0) is 66.5 Å². The van der Waals surface area contributed by atoms with Crippen molar-refractivity contribution >= 4 is 10.0 Å². The van der Waals surface area contributed by atoms with Crippen molar-refractivity contribution in [3.05, 3.63) is 59.4 Å². The van der Waals surface area contributed by atoms with E-state index in [0.717, 1.165) is 6.42 Å². The Kier molecular flexibility index (Phi) is 3.50. The van der Waals surface area contributed by atoms with Crippen LogP contribution in [0.3, 0.4) is 0 Å². The summed E-state index contributed by atoms with van der Waals surface area (Å²) in [6.07, 6.45) is 6.89. The minimum atomic E-state index is -3.61. The summed E-state index contributed by atoms with van der Waals surface area (Å²) in [6.45, 7) is 0. The number of nitrogens with two attached hydrogens (primary N) is 1. The van der Waals surface area contributed by atoms with Gasteiger partial charge in [0.15, 0.2) is 0 Å². The minimum Gasteiger partial charge on any atom is -0.261 e. The Hall–Kier alpha value is -1.72. The van der Waals surface area contributed by atoms with Crippen molar-refractivity contribution in [3.63, 3.8) is 0 Å². The van der Waals surface area contributed by atoms with Crippen molar-refractivity contribution in [2.45, 2.75) is 48.3 Å². The maximum Gasteiger partial charge on any atom is 0.238 e. The minimum absolute atomic E-state index is 0.176. The number of aromatic nitrogens is 1. The first-order valence-electron chi connectivity index (χ1n) is 8.11. The molecule has 0 bridgehead atoms. The number of sulfonamides is 1. The Balaban J connectivity index is 1.51. The Morgan fingerprint density at radius 2 is 1.70 bits per heavy atom. The van der Waals surface area contributed by atoms with Gasteiger partial charge in [-0.15, -0.1) is 0 Å². The smallest absolute Gasteiger partial charge is 0.238 e. The Labute approximate surface area is 136 Å². The van der Waals surface area contributed by atoms with Crippen LogP contribution in [0.4, 0.5) is 0 Å². The zero-order chi connectivity index (χ0) is 16.0. The number of hydrogen-bond donors (Lipinski definition) is 1. The van der Waals surface area contributed by atoms with E-state index in [4.69, 9.17) is 5.14 Å². The molecule has 2 fully saturated rings. The van der Waals surface area contributed by atoms with Gasteiger partial charge in [-0.25, -0.2) is 13.6 Å². The van der Waals surface area contributed by atoms with Gasteiger partial charge in [-0.1, -0.05) is 18.6 Å². The third-order valence-corrected chi connectivity index (χ3v) is 6.11. The Bertz CT molecular complexity index is 826. The molecule has 120 valence electrons. The fraction of sp³-hybridized carbons (Fsp3) is 0.389. The molecule has 1 heterocycles. The molecule has 4 rings (SSSR count). The van der Waals surface area contributed by atoms with Crippen molar-refractivity contribution in [2.75, 3.05) is 0 Å².